The van der Waals surface area contributed by atoms with Gasteiger partial charge in [0.05, 0.1) is 13.2 Å². The largest absolute Gasteiger partial charge is 0.346 e. The van der Waals surface area contributed by atoms with Gasteiger partial charge in [-0.2, -0.15) is 0 Å². The van der Waals surface area contributed by atoms with Crippen LogP contribution < -0.4 is 0 Å². The molecule has 0 atom stereocenters. The zero-order chi connectivity index (χ0) is 5.82. The van der Waals surface area contributed by atoms with Gasteiger partial charge in [-0.1, -0.05) is 0 Å². The molecule has 0 aliphatic carbocycles. The molecule has 1 rings (SSSR count). The third-order valence-corrected chi connectivity index (χ3v) is 0.964. The fraction of sp³-hybridized carbons (Fsp3) is 0.800. The summed E-state index contributed by atoms with van der Waals surface area (Å²) in [6.07, 6.45) is 0.965. The number of aldehydes is 1. The van der Waals surface area contributed by atoms with Gasteiger partial charge >= 0.3 is 0 Å². The van der Waals surface area contributed by atoms with E-state index in [9.17, 15) is 4.79 Å². The zero-order valence-electron chi connectivity index (χ0n) is 4.50. The van der Waals surface area contributed by atoms with Crippen LogP contribution in [0, 0.1) is 0 Å². The lowest BCUT2D eigenvalue weighted by Gasteiger charge is -2.17. The number of ether oxygens (including phenoxy) is 2. The van der Waals surface area contributed by atoms with E-state index in [1.54, 1.807) is 0 Å². The predicted octanol–water partition coefficient (Wildman–Crippen LogP) is -0.0517. The van der Waals surface area contributed by atoms with Gasteiger partial charge in [0.2, 0.25) is 6.29 Å². The van der Waals surface area contributed by atoms with Gasteiger partial charge in [-0.15, -0.1) is 0 Å². The summed E-state index contributed by atoms with van der Waals surface area (Å²) in [6, 6.07) is 0. The van der Waals surface area contributed by atoms with Crippen LogP contribution >= 0.6 is 0 Å². The molecule has 0 amide bonds. The van der Waals surface area contributed by atoms with E-state index in [1.807, 2.05) is 0 Å². The average Bonchev–Trinajstić information content (AvgIpc) is 1.90. The quantitative estimate of drug-likeness (QED) is 0.450. The summed E-state index contributed by atoms with van der Waals surface area (Å²) >= 11 is 0. The molecule has 46 valence electrons. The highest BCUT2D eigenvalue weighted by Gasteiger charge is 2.10. The third kappa shape index (κ3) is 1.28. The molecule has 0 bridgehead atoms. The summed E-state index contributed by atoms with van der Waals surface area (Å²) in [5.41, 5.74) is 0. The highest BCUT2D eigenvalue weighted by molar-refractivity contribution is 5.53. The topological polar surface area (TPSA) is 35.5 Å². The van der Waals surface area contributed by atoms with Crippen molar-refractivity contribution in [3.63, 3.8) is 0 Å². The Balaban J connectivity index is 2.22. The van der Waals surface area contributed by atoms with E-state index in [-0.39, 0.29) is 0 Å². The first-order chi connectivity index (χ1) is 3.93. The van der Waals surface area contributed by atoms with Crippen molar-refractivity contribution < 1.29 is 14.3 Å². The lowest BCUT2D eigenvalue weighted by molar-refractivity contribution is -0.177. The van der Waals surface area contributed by atoms with Crippen molar-refractivity contribution in [3.05, 3.63) is 0 Å². The summed E-state index contributed by atoms with van der Waals surface area (Å²) in [7, 11) is 0. The van der Waals surface area contributed by atoms with Gasteiger partial charge in [-0.3, -0.25) is 4.79 Å². The maximum absolute atomic E-state index is 9.91. The summed E-state index contributed by atoms with van der Waals surface area (Å²) < 4.78 is 9.67. The lowest BCUT2D eigenvalue weighted by atomic mass is 10.4. The second-order valence-corrected chi connectivity index (χ2v) is 1.60. The van der Waals surface area contributed by atoms with Crippen molar-refractivity contribution in [1.82, 2.24) is 0 Å². The van der Waals surface area contributed by atoms with E-state index in [0.717, 1.165) is 6.42 Å². The number of hydrogen-bond donors (Lipinski definition) is 0. The fourth-order valence-electron chi connectivity index (χ4n) is 0.585. The van der Waals surface area contributed by atoms with Crippen LogP contribution in [0.2, 0.25) is 0 Å². The van der Waals surface area contributed by atoms with Gasteiger partial charge in [0.15, 0.2) is 6.29 Å². The molecule has 1 fully saturated rings. The average molecular weight is 116 g/mol. The number of hydrogen-bond acceptors (Lipinski definition) is 3. The number of carbonyl (C=O) groups is 1. The van der Waals surface area contributed by atoms with Gasteiger partial charge in [0.25, 0.3) is 0 Å². The molecule has 0 spiro atoms. The predicted molar refractivity (Wildman–Crippen MR) is 26.4 cm³/mol. The molecule has 0 unspecified atom stereocenters. The first-order valence-corrected chi connectivity index (χ1v) is 2.62. The molecule has 3 nitrogen and oxygen atoms in total. The van der Waals surface area contributed by atoms with Crippen molar-refractivity contribution in [2.45, 2.75) is 12.7 Å². The third-order valence-electron chi connectivity index (χ3n) is 0.964. The minimum Gasteiger partial charge on any atom is -0.346 e. The van der Waals surface area contributed by atoms with Crippen LogP contribution in [0.15, 0.2) is 0 Å². The van der Waals surface area contributed by atoms with Crippen LogP contribution in [0.5, 0.6) is 0 Å². The summed E-state index contributed by atoms with van der Waals surface area (Å²) in [5.74, 6) is 0. The minimum atomic E-state index is -0.594. The molecule has 0 aromatic rings. The Morgan fingerprint density at radius 2 is 2.00 bits per heavy atom. The molecular formula is C5H8O3. The Morgan fingerprint density at radius 3 is 2.38 bits per heavy atom. The van der Waals surface area contributed by atoms with Crippen molar-refractivity contribution >= 4 is 6.29 Å². The Kier molecular flexibility index (Phi) is 2.00. The summed E-state index contributed by atoms with van der Waals surface area (Å²) in [6.45, 7) is 1.28. The molecule has 8 heavy (non-hydrogen) atoms. The van der Waals surface area contributed by atoms with Gasteiger partial charge in [-0.05, 0) is 6.42 Å². The summed E-state index contributed by atoms with van der Waals surface area (Å²) in [5, 5.41) is 0. The van der Waals surface area contributed by atoms with Crippen LogP contribution in [0.25, 0.3) is 0 Å². The van der Waals surface area contributed by atoms with Crippen molar-refractivity contribution in [2.75, 3.05) is 13.2 Å². The normalized spacial score (nSPS) is 23.0. The smallest absolute Gasteiger partial charge is 0.214 e. The van der Waals surface area contributed by atoms with E-state index in [2.05, 4.69) is 0 Å². The standard InChI is InChI=1S/C5H8O3/c6-4-5-7-2-1-3-8-5/h4-5H,1-3H2. The van der Waals surface area contributed by atoms with Crippen LogP contribution in [-0.2, 0) is 14.3 Å². The van der Waals surface area contributed by atoms with E-state index in [4.69, 9.17) is 9.47 Å². The molecule has 1 heterocycles. The van der Waals surface area contributed by atoms with Crippen LogP contribution in [0.3, 0.4) is 0 Å². The maximum Gasteiger partial charge on any atom is 0.214 e. The highest BCUT2D eigenvalue weighted by atomic mass is 16.7. The van der Waals surface area contributed by atoms with E-state index >= 15 is 0 Å². The summed E-state index contributed by atoms with van der Waals surface area (Å²) in [4.78, 5) is 9.91. The second kappa shape index (κ2) is 2.79. The molecule has 0 aromatic heterocycles. The van der Waals surface area contributed by atoms with Gasteiger partial charge < -0.3 is 9.47 Å². The molecule has 0 aromatic carbocycles. The molecule has 1 aliphatic rings. The van der Waals surface area contributed by atoms with Crippen molar-refractivity contribution in [1.29, 1.82) is 0 Å². The highest BCUT2D eigenvalue weighted by Crippen LogP contribution is 2.00. The SMILES string of the molecule is O=CC1OCCCO1. The van der Waals surface area contributed by atoms with Crippen LogP contribution in [0.1, 0.15) is 6.42 Å². The molecule has 1 aliphatic heterocycles. The van der Waals surface area contributed by atoms with E-state index in [0.29, 0.717) is 19.5 Å². The monoisotopic (exact) mass is 116 g/mol. The number of carbonyl (C=O) groups excluding carboxylic acids is 1. The van der Waals surface area contributed by atoms with Crippen molar-refractivity contribution in [3.8, 4) is 0 Å². The van der Waals surface area contributed by atoms with Crippen molar-refractivity contribution in [2.24, 2.45) is 0 Å². The van der Waals surface area contributed by atoms with E-state index < -0.39 is 6.29 Å². The first-order valence-electron chi connectivity index (χ1n) is 2.62. The second-order valence-electron chi connectivity index (χ2n) is 1.60. The molecule has 0 N–H and O–H groups in total. The fourth-order valence-corrected chi connectivity index (χ4v) is 0.585. The maximum atomic E-state index is 9.91. The molecule has 0 radical (unpaired) electrons. The van der Waals surface area contributed by atoms with Gasteiger partial charge in [-0.25, -0.2) is 0 Å². The van der Waals surface area contributed by atoms with Gasteiger partial charge in [0.1, 0.15) is 0 Å². The Labute approximate surface area is 47.6 Å². The Morgan fingerprint density at radius 1 is 1.38 bits per heavy atom. The first kappa shape index (κ1) is 5.72. The van der Waals surface area contributed by atoms with Crippen LogP contribution in [-0.4, -0.2) is 25.8 Å². The van der Waals surface area contributed by atoms with Gasteiger partial charge in [0, 0.05) is 0 Å². The molecule has 0 saturated carbocycles. The minimum absolute atomic E-state index is 0.594. The number of rotatable bonds is 1. The molecular weight excluding hydrogens is 108 g/mol. The lowest BCUT2D eigenvalue weighted by Crippen LogP contribution is -2.25. The molecule has 1 saturated heterocycles. The zero-order valence-corrected chi connectivity index (χ0v) is 4.50. The Bertz CT molecular complexity index is 75.7. The van der Waals surface area contributed by atoms with E-state index in [1.165, 1.54) is 0 Å². The Hall–Kier alpha value is -0.410. The molecule has 3 heteroatoms. The van der Waals surface area contributed by atoms with Crippen LogP contribution in [0.4, 0.5) is 0 Å².